The third-order valence-corrected chi connectivity index (χ3v) is 3.13. The van der Waals surface area contributed by atoms with Gasteiger partial charge in [0, 0.05) is 5.56 Å². The molecule has 0 fully saturated rings. The van der Waals surface area contributed by atoms with Crippen molar-refractivity contribution in [3.63, 3.8) is 0 Å². The number of benzene rings is 2. The fraction of sp³-hybridized carbons (Fsp3) is 0.200. The Hall–Kier alpha value is -1.34. The maximum absolute atomic E-state index is 13.9. The van der Waals surface area contributed by atoms with Gasteiger partial charge in [-0.2, -0.15) is 0 Å². The van der Waals surface area contributed by atoms with Gasteiger partial charge in [-0.3, -0.25) is 0 Å². The highest BCUT2D eigenvalue weighted by atomic mass is 35.5. The molecule has 0 spiro atoms. The Labute approximate surface area is 106 Å². The molecule has 2 aromatic carbocycles. The van der Waals surface area contributed by atoms with E-state index in [2.05, 4.69) is 13.8 Å². The van der Waals surface area contributed by atoms with E-state index in [0.29, 0.717) is 16.5 Å². The van der Waals surface area contributed by atoms with E-state index in [9.17, 15) is 4.39 Å². The Bertz CT molecular complexity index is 512. The Morgan fingerprint density at radius 2 is 1.71 bits per heavy atom. The molecule has 2 heteroatoms. The van der Waals surface area contributed by atoms with Crippen LogP contribution in [0, 0.1) is 5.82 Å². The van der Waals surface area contributed by atoms with Crippen molar-refractivity contribution in [2.75, 3.05) is 0 Å². The summed E-state index contributed by atoms with van der Waals surface area (Å²) >= 11 is 6.10. The van der Waals surface area contributed by atoms with E-state index >= 15 is 0 Å². The van der Waals surface area contributed by atoms with E-state index in [0.717, 1.165) is 11.1 Å². The van der Waals surface area contributed by atoms with Crippen LogP contribution < -0.4 is 0 Å². The van der Waals surface area contributed by atoms with Gasteiger partial charge in [-0.15, -0.1) is 0 Å². The standard InChI is InChI=1S/C15H14ClF/c1-10(2)11-6-3-4-7-12(11)15-13(16)8-5-9-14(15)17/h3-10H,1-2H3. The first-order valence-corrected chi connectivity index (χ1v) is 6.02. The van der Waals surface area contributed by atoms with Crippen LogP contribution in [0.25, 0.3) is 11.1 Å². The molecule has 0 heterocycles. The van der Waals surface area contributed by atoms with Gasteiger partial charge in [0.25, 0.3) is 0 Å². The van der Waals surface area contributed by atoms with Crippen molar-refractivity contribution in [2.45, 2.75) is 19.8 Å². The van der Waals surface area contributed by atoms with E-state index in [1.807, 2.05) is 24.3 Å². The lowest BCUT2D eigenvalue weighted by molar-refractivity contribution is 0.631. The second kappa shape index (κ2) is 4.89. The van der Waals surface area contributed by atoms with Crippen LogP contribution in [-0.2, 0) is 0 Å². The number of hydrogen-bond donors (Lipinski definition) is 0. The fourth-order valence-corrected chi connectivity index (χ4v) is 2.25. The van der Waals surface area contributed by atoms with Crippen LogP contribution in [0.3, 0.4) is 0 Å². The molecule has 0 aliphatic rings. The molecule has 0 aromatic heterocycles. The van der Waals surface area contributed by atoms with Crippen molar-refractivity contribution in [1.82, 2.24) is 0 Å². The van der Waals surface area contributed by atoms with Gasteiger partial charge < -0.3 is 0 Å². The molecule has 0 aliphatic carbocycles. The topological polar surface area (TPSA) is 0 Å². The van der Waals surface area contributed by atoms with Gasteiger partial charge in [0.2, 0.25) is 0 Å². The van der Waals surface area contributed by atoms with Gasteiger partial charge in [0.1, 0.15) is 5.82 Å². The molecule has 0 saturated carbocycles. The lowest BCUT2D eigenvalue weighted by Crippen LogP contribution is -1.94. The summed E-state index contributed by atoms with van der Waals surface area (Å²) in [4.78, 5) is 0. The highest BCUT2D eigenvalue weighted by Gasteiger charge is 2.14. The first kappa shape index (κ1) is 12.1. The van der Waals surface area contributed by atoms with Gasteiger partial charge in [-0.05, 0) is 29.2 Å². The van der Waals surface area contributed by atoms with Crippen molar-refractivity contribution >= 4 is 11.6 Å². The molecule has 17 heavy (non-hydrogen) atoms. The molecule has 0 N–H and O–H groups in total. The second-order valence-corrected chi connectivity index (χ2v) is 4.75. The summed E-state index contributed by atoms with van der Waals surface area (Å²) in [5, 5.41) is 0.457. The SMILES string of the molecule is CC(C)c1ccccc1-c1c(F)cccc1Cl. The normalized spacial score (nSPS) is 10.9. The number of rotatable bonds is 2. The highest BCUT2D eigenvalue weighted by Crippen LogP contribution is 2.35. The summed E-state index contributed by atoms with van der Waals surface area (Å²) in [5.41, 5.74) is 2.49. The molecule has 0 unspecified atom stereocenters. The minimum absolute atomic E-state index is 0.273. The van der Waals surface area contributed by atoms with E-state index in [4.69, 9.17) is 11.6 Å². The first-order chi connectivity index (χ1) is 8.11. The molecular formula is C15H14ClF. The molecule has 0 saturated heterocycles. The second-order valence-electron chi connectivity index (χ2n) is 4.34. The van der Waals surface area contributed by atoms with Crippen LogP contribution in [-0.4, -0.2) is 0 Å². The van der Waals surface area contributed by atoms with Gasteiger partial charge in [0.05, 0.1) is 5.02 Å². The van der Waals surface area contributed by atoms with Crippen molar-refractivity contribution in [3.05, 3.63) is 58.9 Å². The zero-order chi connectivity index (χ0) is 12.4. The number of halogens is 2. The summed E-state index contributed by atoms with van der Waals surface area (Å²) < 4.78 is 13.9. The minimum Gasteiger partial charge on any atom is -0.206 e. The molecule has 0 amide bonds. The monoisotopic (exact) mass is 248 g/mol. The van der Waals surface area contributed by atoms with Crippen LogP contribution in [0.2, 0.25) is 5.02 Å². The predicted molar refractivity (Wildman–Crippen MR) is 70.9 cm³/mol. The van der Waals surface area contributed by atoms with Crippen LogP contribution in [0.1, 0.15) is 25.3 Å². The predicted octanol–water partition coefficient (Wildman–Crippen LogP) is 5.27. The molecule has 0 nitrogen and oxygen atoms in total. The van der Waals surface area contributed by atoms with E-state index in [-0.39, 0.29) is 5.82 Å². The largest absolute Gasteiger partial charge is 0.206 e. The molecule has 0 radical (unpaired) electrons. The summed E-state index contributed by atoms with van der Waals surface area (Å²) in [7, 11) is 0. The maximum atomic E-state index is 13.9. The fourth-order valence-electron chi connectivity index (χ4n) is 1.98. The van der Waals surface area contributed by atoms with Crippen molar-refractivity contribution < 1.29 is 4.39 Å². The smallest absolute Gasteiger partial charge is 0.132 e. The van der Waals surface area contributed by atoms with Crippen molar-refractivity contribution in [3.8, 4) is 11.1 Å². The van der Waals surface area contributed by atoms with Crippen LogP contribution in [0.5, 0.6) is 0 Å². The zero-order valence-electron chi connectivity index (χ0n) is 9.87. The van der Waals surface area contributed by atoms with Gasteiger partial charge in [-0.25, -0.2) is 4.39 Å². The van der Waals surface area contributed by atoms with Crippen molar-refractivity contribution in [2.24, 2.45) is 0 Å². The molecule has 88 valence electrons. The first-order valence-electron chi connectivity index (χ1n) is 5.64. The zero-order valence-corrected chi connectivity index (χ0v) is 10.6. The van der Waals surface area contributed by atoms with Gasteiger partial charge >= 0.3 is 0 Å². The maximum Gasteiger partial charge on any atom is 0.132 e. The van der Waals surface area contributed by atoms with Crippen LogP contribution in [0.15, 0.2) is 42.5 Å². The van der Waals surface area contributed by atoms with E-state index in [1.165, 1.54) is 6.07 Å². The highest BCUT2D eigenvalue weighted by molar-refractivity contribution is 6.33. The Morgan fingerprint density at radius 1 is 1.00 bits per heavy atom. The third kappa shape index (κ3) is 2.34. The van der Waals surface area contributed by atoms with Crippen LogP contribution in [0.4, 0.5) is 4.39 Å². The van der Waals surface area contributed by atoms with E-state index < -0.39 is 0 Å². The molecular weight excluding hydrogens is 235 g/mol. The number of hydrogen-bond acceptors (Lipinski definition) is 0. The summed E-state index contributed by atoms with van der Waals surface area (Å²) in [6.07, 6.45) is 0. The summed E-state index contributed by atoms with van der Waals surface area (Å²) in [6, 6.07) is 12.6. The van der Waals surface area contributed by atoms with Crippen molar-refractivity contribution in [1.29, 1.82) is 0 Å². The van der Waals surface area contributed by atoms with E-state index in [1.54, 1.807) is 12.1 Å². The van der Waals surface area contributed by atoms with Gasteiger partial charge in [0.15, 0.2) is 0 Å². The molecule has 0 aliphatic heterocycles. The lowest BCUT2D eigenvalue weighted by Gasteiger charge is -2.14. The minimum atomic E-state index is -0.273. The third-order valence-electron chi connectivity index (χ3n) is 2.81. The average molecular weight is 249 g/mol. The molecule has 0 atom stereocenters. The quantitative estimate of drug-likeness (QED) is 0.679. The van der Waals surface area contributed by atoms with Gasteiger partial charge in [-0.1, -0.05) is 55.8 Å². The Kier molecular flexibility index (Phi) is 3.49. The Morgan fingerprint density at radius 3 is 2.35 bits per heavy atom. The molecule has 2 aromatic rings. The molecule has 0 bridgehead atoms. The lowest BCUT2D eigenvalue weighted by atomic mass is 9.92. The average Bonchev–Trinajstić information content (AvgIpc) is 2.29. The summed E-state index contributed by atoms with van der Waals surface area (Å²) in [6.45, 7) is 4.18. The Balaban J connectivity index is 2.69. The van der Waals surface area contributed by atoms with Crippen LogP contribution >= 0.6 is 11.6 Å². The molecule has 2 rings (SSSR count). The summed E-state index contributed by atoms with van der Waals surface area (Å²) in [5.74, 6) is 0.0625.